The fourth-order valence-corrected chi connectivity index (χ4v) is 3.88. The van der Waals surface area contributed by atoms with Gasteiger partial charge in [0.05, 0.1) is 18.8 Å². The first-order valence-electron chi connectivity index (χ1n) is 11.0. The van der Waals surface area contributed by atoms with E-state index in [0.29, 0.717) is 18.7 Å². The number of aliphatic hydroxyl groups is 1. The number of aliphatic hydroxyl groups excluding tert-OH is 1. The molecule has 2 aromatic carbocycles. The SMILES string of the molecule is COCC(C)NC[C@@H](O)[C@@H](Cc1cc(F)cc(F)c1)NC(=O)CCn1ccc2ccccc21. The molecule has 33 heavy (non-hydrogen) atoms. The van der Waals surface area contributed by atoms with E-state index in [-0.39, 0.29) is 31.3 Å². The molecule has 6 nitrogen and oxygen atoms in total. The van der Waals surface area contributed by atoms with Crippen molar-refractivity contribution >= 4 is 16.8 Å². The molecule has 0 spiro atoms. The predicted octanol–water partition coefficient (Wildman–Crippen LogP) is 3.02. The van der Waals surface area contributed by atoms with Gasteiger partial charge in [-0.3, -0.25) is 4.79 Å². The molecule has 178 valence electrons. The number of aryl methyl sites for hydroxylation is 1. The average molecular weight is 460 g/mol. The molecule has 8 heteroatoms. The van der Waals surface area contributed by atoms with Crippen LogP contribution in [-0.4, -0.2) is 54.0 Å². The number of fused-ring (bicyclic) bond motifs is 1. The Morgan fingerprint density at radius 3 is 2.61 bits per heavy atom. The van der Waals surface area contributed by atoms with E-state index >= 15 is 0 Å². The van der Waals surface area contributed by atoms with Crippen LogP contribution in [-0.2, 0) is 22.5 Å². The molecular formula is C25H31F2N3O3. The maximum Gasteiger partial charge on any atom is 0.222 e. The van der Waals surface area contributed by atoms with Crippen LogP contribution in [0.4, 0.5) is 8.78 Å². The lowest BCUT2D eigenvalue weighted by Crippen LogP contribution is -2.50. The van der Waals surface area contributed by atoms with E-state index in [0.717, 1.165) is 17.0 Å². The zero-order chi connectivity index (χ0) is 23.8. The molecule has 0 aliphatic heterocycles. The molecular weight excluding hydrogens is 428 g/mol. The molecule has 3 N–H and O–H groups in total. The lowest BCUT2D eigenvalue weighted by atomic mass is 10.00. The molecule has 0 aliphatic rings. The van der Waals surface area contributed by atoms with Gasteiger partial charge in [-0.05, 0) is 48.6 Å². The number of hydrogen-bond donors (Lipinski definition) is 3. The zero-order valence-corrected chi connectivity index (χ0v) is 18.9. The maximum atomic E-state index is 13.7. The monoisotopic (exact) mass is 459 g/mol. The van der Waals surface area contributed by atoms with Crippen molar-refractivity contribution < 1.29 is 23.4 Å². The quantitative estimate of drug-likeness (QED) is 0.389. The molecule has 3 rings (SSSR count). The standard InChI is InChI=1S/C25H31F2N3O3/c1-17(16-33-2)28-15-24(31)22(13-18-11-20(26)14-21(27)12-18)29-25(32)8-10-30-9-7-19-5-3-4-6-23(19)30/h3-7,9,11-12,14,17,22,24,28,31H,8,10,13,15-16H2,1-2H3,(H,29,32)/t17?,22-,24-/m1/s1. The Hall–Kier alpha value is -2.81. The highest BCUT2D eigenvalue weighted by molar-refractivity contribution is 5.80. The summed E-state index contributed by atoms with van der Waals surface area (Å²) >= 11 is 0. The fraction of sp³-hybridized carbons (Fsp3) is 0.400. The molecule has 1 amide bonds. The number of halogens is 2. The number of rotatable bonds is 12. The summed E-state index contributed by atoms with van der Waals surface area (Å²) in [6.07, 6.45) is 1.26. The van der Waals surface area contributed by atoms with Gasteiger partial charge < -0.3 is 25.0 Å². The van der Waals surface area contributed by atoms with Crippen molar-refractivity contribution in [1.29, 1.82) is 0 Å². The summed E-state index contributed by atoms with van der Waals surface area (Å²) in [6.45, 7) is 3.03. The third-order valence-corrected chi connectivity index (χ3v) is 5.54. The second kappa shape index (κ2) is 11.9. The van der Waals surface area contributed by atoms with E-state index in [1.807, 2.05) is 48.0 Å². The average Bonchev–Trinajstić information content (AvgIpc) is 3.18. The van der Waals surface area contributed by atoms with Crippen LogP contribution >= 0.6 is 0 Å². The number of ether oxygens (including phenoxy) is 1. The van der Waals surface area contributed by atoms with Gasteiger partial charge in [0.1, 0.15) is 11.6 Å². The first-order chi connectivity index (χ1) is 15.9. The molecule has 1 heterocycles. The molecule has 0 saturated carbocycles. The molecule has 1 unspecified atom stereocenters. The van der Waals surface area contributed by atoms with Gasteiger partial charge in [-0.25, -0.2) is 8.78 Å². The van der Waals surface area contributed by atoms with E-state index in [9.17, 15) is 18.7 Å². The van der Waals surface area contributed by atoms with Crippen LogP contribution in [0, 0.1) is 11.6 Å². The number of benzene rings is 2. The number of aromatic nitrogens is 1. The van der Waals surface area contributed by atoms with Crippen molar-refractivity contribution in [3.05, 3.63) is 71.9 Å². The van der Waals surface area contributed by atoms with E-state index in [1.54, 1.807) is 7.11 Å². The Morgan fingerprint density at radius 1 is 1.15 bits per heavy atom. The fourth-order valence-electron chi connectivity index (χ4n) is 3.88. The van der Waals surface area contributed by atoms with Crippen molar-refractivity contribution in [1.82, 2.24) is 15.2 Å². The summed E-state index contributed by atoms with van der Waals surface area (Å²) < 4.78 is 34.4. The summed E-state index contributed by atoms with van der Waals surface area (Å²) in [6, 6.07) is 12.4. The van der Waals surface area contributed by atoms with Crippen LogP contribution < -0.4 is 10.6 Å². The molecule has 3 aromatic rings. The number of amides is 1. The minimum Gasteiger partial charge on any atom is -0.390 e. The minimum atomic E-state index is -0.966. The Morgan fingerprint density at radius 2 is 1.88 bits per heavy atom. The van der Waals surface area contributed by atoms with Crippen LogP contribution in [0.25, 0.3) is 10.9 Å². The Labute approximate surface area is 192 Å². The largest absolute Gasteiger partial charge is 0.390 e. The summed E-state index contributed by atoms with van der Waals surface area (Å²) in [5, 5.41) is 17.8. The minimum absolute atomic E-state index is 0.00497. The van der Waals surface area contributed by atoms with E-state index in [1.165, 1.54) is 12.1 Å². The lowest BCUT2D eigenvalue weighted by Gasteiger charge is -2.26. The van der Waals surface area contributed by atoms with Gasteiger partial charge in [-0.1, -0.05) is 18.2 Å². The lowest BCUT2D eigenvalue weighted by molar-refractivity contribution is -0.122. The Balaban J connectivity index is 1.65. The van der Waals surface area contributed by atoms with E-state index < -0.39 is 23.8 Å². The van der Waals surface area contributed by atoms with Gasteiger partial charge in [-0.15, -0.1) is 0 Å². The topological polar surface area (TPSA) is 75.5 Å². The van der Waals surface area contributed by atoms with E-state index in [4.69, 9.17) is 4.74 Å². The van der Waals surface area contributed by atoms with Crippen molar-refractivity contribution in [2.24, 2.45) is 0 Å². The van der Waals surface area contributed by atoms with Gasteiger partial charge >= 0.3 is 0 Å². The summed E-state index contributed by atoms with van der Waals surface area (Å²) in [5.41, 5.74) is 1.40. The first kappa shape index (κ1) is 24.8. The highest BCUT2D eigenvalue weighted by atomic mass is 19.1. The second-order valence-electron chi connectivity index (χ2n) is 8.31. The number of carbonyl (C=O) groups excluding carboxylic acids is 1. The Kier molecular flexibility index (Phi) is 8.94. The molecule has 0 saturated heterocycles. The number of nitrogens with one attached hydrogen (secondary N) is 2. The van der Waals surface area contributed by atoms with Crippen molar-refractivity contribution in [2.75, 3.05) is 20.3 Å². The smallest absolute Gasteiger partial charge is 0.222 e. The van der Waals surface area contributed by atoms with E-state index in [2.05, 4.69) is 10.6 Å². The van der Waals surface area contributed by atoms with Gasteiger partial charge in [0, 0.05) is 50.4 Å². The molecule has 0 fully saturated rings. The summed E-state index contributed by atoms with van der Waals surface area (Å²) in [7, 11) is 1.59. The highest BCUT2D eigenvalue weighted by Gasteiger charge is 2.23. The molecule has 0 bridgehead atoms. The van der Waals surface area contributed by atoms with Crippen LogP contribution in [0.15, 0.2) is 54.7 Å². The summed E-state index contributed by atoms with van der Waals surface area (Å²) in [5.74, 6) is -1.65. The van der Waals surface area contributed by atoms with Gasteiger partial charge in [-0.2, -0.15) is 0 Å². The van der Waals surface area contributed by atoms with Crippen LogP contribution in [0.1, 0.15) is 18.9 Å². The van der Waals surface area contributed by atoms with Gasteiger partial charge in [0.25, 0.3) is 0 Å². The molecule has 0 aliphatic carbocycles. The zero-order valence-electron chi connectivity index (χ0n) is 18.9. The number of nitrogens with zero attached hydrogens (tertiary/aromatic N) is 1. The van der Waals surface area contributed by atoms with Crippen molar-refractivity contribution in [3.8, 4) is 0 Å². The van der Waals surface area contributed by atoms with Crippen molar-refractivity contribution in [3.63, 3.8) is 0 Å². The van der Waals surface area contributed by atoms with Crippen LogP contribution in [0.5, 0.6) is 0 Å². The Bertz CT molecular complexity index is 1040. The van der Waals surface area contributed by atoms with Crippen molar-refractivity contribution in [2.45, 2.75) is 44.5 Å². The normalized spacial score (nSPS) is 14.2. The number of methoxy groups -OCH3 is 1. The third kappa shape index (κ3) is 7.35. The van der Waals surface area contributed by atoms with Gasteiger partial charge in [0.15, 0.2) is 0 Å². The molecule has 0 radical (unpaired) electrons. The number of hydrogen-bond acceptors (Lipinski definition) is 4. The molecule has 3 atom stereocenters. The van der Waals surface area contributed by atoms with Gasteiger partial charge in [0.2, 0.25) is 5.91 Å². The third-order valence-electron chi connectivity index (χ3n) is 5.54. The number of para-hydroxylation sites is 1. The highest BCUT2D eigenvalue weighted by Crippen LogP contribution is 2.16. The van der Waals surface area contributed by atoms with Crippen LogP contribution in [0.2, 0.25) is 0 Å². The summed E-state index contributed by atoms with van der Waals surface area (Å²) in [4.78, 5) is 12.7. The number of carbonyl (C=O) groups is 1. The second-order valence-corrected chi connectivity index (χ2v) is 8.31. The van der Waals surface area contributed by atoms with Crippen LogP contribution in [0.3, 0.4) is 0 Å². The first-order valence-corrected chi connectivity index (χ1v) is 11.0. The maximum absolute atomic E-state index is 13.7. The predicted molar refractivity (Wildman–Crippen MR) is 124 cm³/mol. The molecule has 1 aromatic heterocycles.